The molecule has 12 heavy (non-hydrogen) atoms. The first-order chi connectivity index (χ1) is 5.74. The Labute approximate surface area is 73.4 Å². The van der Waals surface area contributed by atoms with Crippen LogP contribution in [0.15, 0.2) is 24.3 Å². The lowest BCUT2D eigenvalue weighted by Crippen LogP contribution is -1.89. The molecule has 1 aromatic rings. The average molecular weight is 161 g/mol. The van der Waals surface area contributed by atoms with Crippen molar-refractivity contribution < 1.29 is 4.79 Å². The van der Waals surface area contributed by atoms with Crippen LogP contribution in [0, 0.1) is 0 Å². The van der Waals surface area contributed by atoms with Gasteiger partial charge >= 0.3 is 0 Å². The van der Waals surface area contributed by atoms with Crippen LogP contribution >= 0.6 is 0 Å². The van der Waals surface area contributed by atoms with Crippen molar-refractivity contribution in [2.75, 3.05) is 0 Å². The van der Waals surface area contributed by atoms with Crippen LogP contribution in [0.1, 0.15) is 30.9 Å². The molecule has 1 rings (SSSR count). The van der Waals surface area contributed by atoms with E-state index in [2.05, 4.69) is 26.0 Å². The van der Waals surface area contributed by atoms with Gasteiger partial charge in [0.1, 0.15) is 0 Å². The number of carbonyl (C=O) groups excluding carboxylic acids is 1. The van der Waals surface area contributed by atoms with Crippen molar-refractivity contribution >= 4 is 6.29 Å². The standard InChI is InChI=1S/C11H13O/c1-9(2)11-5-3-10(4-6-11)7-8-12/h3-6,9H,7H2,1-2H3. The van der Waals surface area contributed by atoms with E-state index in [-0.39, 0.29) is 0 Å². The van der Waals surface area contributed by atoms with Crippen molar-refractivity contribution in [1.29, 1.82) is 0 Å². The van der Waals surface area contributed by atoms with Crippen LogP contribution in [-0.4, -0.2) is 6.29 Å². The van der Waals surface area contributed by atoms with E-state index >= 15 is 0 Å². The van der Waals surface area contributed by atoms with Gasteiger partial charge in [0, 0.05) is 6.42 Å². The van der Waals surface area contributed by atoms with E-state index in [1.165, 1.54) is 5.56 Å². The third-order valence-corrected chi connectivity index (χ3v) is 1.92. The molecular weight excluding hydrogens is 148 g/mol. The fourth-order valence-electron chi connectivity index (χ4n) is 1.10. The largest absolute Gasteiger partial charge is 0.291 e. The maximum atomic E-state index is 10.1. The second-order valence-corrected chi connectivity index (χ2v) is 3.22. The fraction of sp³-hybridized carbons (Fsp3) is 0.364. The van der Waals surface area contributed by atoms with Crippen LogP contribution in [0.25, 0.3) is 0 Å². The molecule has 0 bridgehead atoms. The third kappa shape index (κ3) is 2.19. The van der Waals surface area contributed by atoms with Crippen LogP contribution in [-0.2, 0) is 11.2 Å². The first-order valence-corrected chi connectivity index (χ1v) is 4.18. The van der Waals surface area contributed by atoms with E-state index in [0.29, 0.717) is 12.3 Å². The Morgan fingerprint density at radius 3 is 2.25 bits per heavy atom. The maximum absolute atomic E-state index is 10.1. The maximum Gasteiger partial charge on any atom is 0.203 e. The summed E-state index contributed by atoms with van der Waals surface area (Å²) in [4.78, 5) is 10.1. The third-order valence-electron chi connectivity index (χ3n) is 1.92. The molecule has 0 saturated carbocycles. The molecule has 63 valence electrons. The normalized spacial score (nSPS) is 10.2. The molecule has 0 aliphatic rings. The Bertz CT molecular complexity index is 246. The van der Waals surface area contributed by atoms with Crippen molar-refractivity contribution in [3.63, 3.8) is 0 Å². The first kappa shape index (κ1) is 8.98. The monoisotopic (exact) mass is 161 g/mol. The lowest BCUT2D eigenvalue weighted by molar-refractivity contribution is 0.555. The van der Waals surface area contributed by atoms with Gasteiger partial charge < -0.3 is 0 Å². The van der Waals surface area contributed by atoms with Gasteiger partial charge in [0.15, 0.2) is 0 Å². The van der Waals surface area contributed by atoms with Crippen LogP contribution in [0.5, 0.6) is 0 Å². The van der Waals surface area contributed by atoms with Crippen LogP contribution in [0.4, 0.5) is 0 Å². The molecule has 0 saturated heterocycles. The quantitative estimate of drug-likeness (QED) is 0.665. The molecule has 1 aromatic carbocycles. The highest BCUT2D eigenvalue weighted by Gasteiger charge is 1.97. The summed E-state index contributed by atoms with van der Waals surface area (Å²) < 4.78 is 0. The molecule has 0 amide bonds. The van der Waals surface area contributed by atoms with Crippen molar-refractivity contribution in [2.45, 2.75) is 26.2 Å². The van der Waals surface area contributed by atoms with Gasteiger partial charge in [0.25, 0.3) is 0 Å². The predicted octanol–water partition coefficient (Wildman–Crippen LogP) is 2.46. The molecule has 0 aromatic heterocycles. The predicted molar refractivity (Wildman–Crippen MR) is 49.9 cm³/mol. The molecule has 0 fully saturated rings. The van der Waals surface area contributed by atoms with Gasteiger partial charge in [-0.15, -0.1) is 0 Å². The molecule has 0 unspecified atom stereocenters. The summed E-state index contributed by atoms with van der Waals surface area (Å²) in [6, 6.07) is 8.11. The Morgan fingerprint density at radius 2 is 1.83 bits per heavy atom. The van der Waals surface area contributed by atoms with E-state index in [1.54, 1.807) is 0 Å². The summed E-state index contributed by atoms with van der Waals surface area (Å²) in [5.74, 6) is 0.555. The minimum absolute atomic E-state index is 0.401. The highest BCUT2D eigenvalue weighted by Crippen LogP contribution is 2.14. The second kappa shape index (κ2) is 4.05. The van der Waals surface area contributed by atoms with E-state index in [0.717, 1.165) is 5.56 Å². The number of hydrogen-bond acceptors (Lipinski definition) is 1. The summed E-state index contributed by atoms with van der Waals surface area (Å²) in [6.07, 6.45) is 2.28. The molecule has 0 aliphatic heterocycles. The molecule has 0 N–H and O–H groups in total. The molecule has 1 nitrogen and oxygen atoms in total. The average Bonchev–Trinajstić information content (AvgIpc) is 2.06. The van der Waals surface area contributed by atoms with E-state index in [9.17, 15) is 4.79 Å². The van der Waals surface area contributed by atoms with Crippen molar-refractivity contribution in [2.24, 2.45) is 0 Å². The number of hydrogen-bond donors (Lipinski definition) is 0. The van der Waals surface area contributed by atoms with Gasteiger partial charge in [0.05, 0.1) is 0 Å². The van der Waals surface area contributed by atoms with Gasteiger partial charge in [-0.1, -0.05) is 38.1 Å². The summed E-state index contributed by atoms with van der Waals surface area (Å²) >= 11 is 0. The molecule has 1 heteroatoms. The zero-order valence-corrected chi connectivity index (χ0v) is 7.50. The van der Waals surface area contributed by atoms with Crippen molar-refractivity contribution in [3.8, 4) is 0 Å². The van der Waals surface area contributed by atoms with E-state index in [1.807, 2.05) is 18.4 Å². The molecule has 0 spiro atoms. The van der Waals surface area contributed by atoms with Gasteiger partial charge in [-0.3, -0.25) is 4.79 Å². The van der Waals surface area contributed by atoms with Crippen molar-refractivity contribution in [3.05, 3.63) is 35.4 Å². The van der Waals surface area contributed by atoms with Crippen LogP contribution in [0.2, 0.25) is 0 Å². The summed E-state index contributed by atoms with van der Waals surface area (Å²) in [5, 5.41) is 0. The fourth-order valence-corrected chi connectivity index (χ4v) is 1.10. The summed E-state index contributed by atoms with van der Waals surface area (Å²) in [6.45, 7) is 4.31. The lowest BCUT2D eigenvalue weighted by atomic mass is 10.0. The second-order valence-electron chi connectivity index (χ2n) is 3.22. The summed E-state index contributed by atoms with van der Waals surface area (Å²) in [5.41, 5.74) is 2.35. The van der Waals surface area contributed by atoms with E-state index < -0.39 is 0 Å². The van der Waals surface area contributed by atoms with Crippen LogP contribution < -0.4 is 0 Å². The van der Waals surface area contributed by atoms with E-state index in [4.69, 9.17) is 0 Å². The molecular formula is C11H13O. The Kier molecular flexibility index (Phi) is 3.03. The topological polar surface area (TPSA) is 17.1 Å². The van der Waals surface area contributed by atoms with Crippen molar-refractivity contribution in [1.82, 2.24) is 0 Å². The lowest BCUT2D eigenvalue weighted by Gasteiger charge is -2.04. The molecule has 0 heterocycles. The highest BCUT2D eigenvalue weighted by molar-refractivity contribution is 5.55. The van der Waals surface area contributed by atoms with Gasteiger partial charge in [-0.2, -0.15) is 0 Å². The zero-order valence-electron chi connectivity index (χ0n) is 7.50. The molecule has 1 radical (unpaired) electrons. The van der Waals surface area contributed by atoms with Gasteiger partial charge in [-0.25, -0.2) is 0 Å². The molecule has 0 atom stereocenters. The number of benzene rings is 1. The highest BCUT2D eigenvalue weighted by atomic mass is 16.1. The van der Waals surface area contributed by atoms with Gasteiger partial charge in [-0.05, 0) is 17.0 Å². The first-order valence-electron chi connectivity index (χ1n) is 4.18. The molecule has 0 aliphatic carbocycles. The SMILES string of the molecule is CC(C)c1ccc(C[C]=O)cc1. The minimum Gasteiger partial charge on any atom is -0.291 e. The smallest absolute Gasteiger partial charge is 0.203 e. The Morgan fingerprint density at radius 1 is 1.25 bits per heavy atom. The Hall–Kier alpha value is -1.11. The minimum atomic E-state index is 0.401. The number of rotatable bonds is 3. The Balaban J connectivity index is 2.78. The zero-order chi connectivity index (χ0) is 8.97. The van der Waals surface area contributed by atoms with Crippen LogP contribution in [0.3, 0.4) is 0 Å². The van der Waals surface area contributed by atoms with Gasteiger partial charge in [0.2, 0.25) is 6.29 Å². The summed E-state index contributed by atoms with van der Waals surface area (Å²) in [7, 11) is 0.